The summed E-state index contributed by atoms with van der Waals surface area (Å²) in [6, 6.07) is 6.97. The number of phenols is 1. The van der Waals surface area contributed by atoms with Gasteiger partial charge in [0.05, 0.1) is 18.9 Å². The number of hydrazone groups is 1. The van der Waals surface area contributed by atoms with Crippen molar-refractivity contribution in [2.45, 2.75) is 19.4 Å². The maximum absolute atomic E-state index is 11.9. The van der Waals surface area contributed by atoms with E-state index in [9.17, 15) is 9.90 Å². The van der Waals surface area contributed by atoms with Gasteiger partial charge in [-0.25, -0.2) is 5.01 Å². The van der Waals surface area contributed by atoms with Gasteiger partial charge in [-0.05, 0) is 34.5 Å². The molecule has 5 nitrogen and oxygen atoms in total. The summed E-state index contributed by atoms with van der Waals surface area (Å²) in [5.74, 6) is 0.355. The predicted molar refractivity (Wildman–Crippen MR) is 85.4 cm³/mol. The molecule has 0 fully saturated rings. The summed E-state index contributed by atoms with van der Waals surface area (Å²) in [6.45, 7) is 1.50. The van der Waals surface area contributed by atoms with E-state index in [1.54, 1.807) is 23.5 Å². The zero-order chi connectivity index (χ0) is 15.7. The van der Waals surface area contributed by atoms with Gasteiger partial charge < -0.3 is 9.84 Å². The smallest absolute Gasteiger partial charge is 0.240 e. The number of aromatic hydroxyl groups is 1. The zero-order valence-electron chi connectivity index (χ0n) is 12.3. The van der Waals surface area contributed by atoms with Gasteiger partial charge in [0.25, 0.3) is 0 Å². The number of ether oxygens (including phenoxy) is 1. The van der Waals surface area contributed by atoms with E-state index in [-0.39, 0.29) is 17.7 Å². The van der Waals surface area contributed by atoms with E-state index in [0.29, 0.717) is 12.2 Å². The quantitative estimate of drug-likeness (QED) is 0.946. The maximum Gasteiger partial charge on any atom is 0.240 e. The molecule has 0 aliphatic carbocycles. The summed E-state index contributed by atoms with van der Waals surface area (Å²) < 4.78 is 5.06. The molecule has 1 aromatic heterocycles. The van der Waals surface area contributed by atoms with Crippen molar-refractivity contribution in [3.8, 4) is 11.5 Å². The van der Waals surface area contributed by atoms with E-state index < -0.39 is 0 Å². The number of nitrogens with zero attached hydrogens (tertiary/aromatic N) is 2. The number of carbonyl (C=O) groups excluding carboxylic acids is 1. The van der Waals surface area contributed by atoms with Crippen molar-refractivity contribution < 1.29 is 14.6 Å². The van der Waals surface area contributed by atoms with Crippen LogP contribution in [0.3, 0.4) is 0 Å². The van der Waals surface area contributed by atoms with Crippen molar-refractivity contribution in [3.63, 3.8) is 0 Å². The Kier molecular flexibility index (Phi) is 3.85. The van der Waals surface area contributed by atoms with Crippen molar-refractivity contribution >= 4 is 23.0 Å². The lowest BCUT2D eigenvalue weighted by atomic mass is 9.99. The van der Waals surface area contributed by atoms with Crippen LogP contribution in [0.2, 0.25) is 0 Å². The van der Waals surface area contributed by atoms with Gasteiger partial charge in [-0.3, -0.25) is 4.79 Å². The molecule has 0 radical (unpaired) electrons. The molecule has 0 saturated heterocycles. The largest absolute Gasteiger partial charge is 0.504 e. The number of hydrogen-bond donors (Lipinski definition) is 1. The third kappa shape index (κ3) is 2.57. The standard InChI is InChI=1S/C16H16N2O3S/c1-10(19)18-14(8-13(17-18)12-5-6-22-9-12)11-3-4-16(21-2)15(20)7-11/h3-7,9,14,20H,8H2,1-2H3/t14-/m1/s1. The average molecular weight is 316 g/mol. The highest BCUT2D eigenvalue weighted by Crippen LogP contribution is 2.36. The van der Waals surface area contributed by atoms with E-state index in [1.807, 2.05) is 22.9 Å². The molecule has 6 heteroatoms. The van der Waals surface area contributed by atoms with Gasteiger partial charge in [0.2, 0.25) is 5.91 Å². The van der Waals surface area contributed by atoms with Crippen molar-refractivity contribution in [3.05, 3.63) is 46.2 Å². The van der Waals surface area contributed by atoms with Crippen LogP contribution in [0.25, 0.3) is 0 Å². The van der Waals surface area contributed by atoms with Gasteiger partial charge in [-0.1, -0.05) is 6.07 Å². The van der Waals surface area contributed by atoms with Gasteiger partial charge in [-0.15, -0.1) is 0 Å². The number of amides is 1. The molecule has 0 unspecified atom stereocenters. The third-order valence-corrected chi connectivity index (χ3v) is 4.36. The molecule has 3 rings (SSSR count). The van der Waals surface area contributed by atoms with Gasteiger partial charge in [0.15, 0.2) is 11.5 Å². The lowest BCUT2D eigenvalue weighted by Crippen LogP contribution is -2.24. The molecular formula is C16H16N2O3S. The molecule has 0 spiro atoms. The molecule has 2 aromatic rings. The highest BCUT2D eigenvalue weighted by molar-refractivity contribution is 7.08. The molecule has 1 N–H and O–H groups in total. The molecule has 1 aliphatic heterocycles. The van der Waals surface area contributed by atoms with Gasteiger partial charge in [0, 0.05) is 18.9 Å². The molecule has 114 valence electrons. The van der Waals surface area contributed by atoms with Crippen LogP contribution in [0.4, 0.5) is 0 Å². The first-order valence-electron chi connectivity index (χ1n) is 6.87. The van der Waals surface area contributed by atoms with Crippen LogP contribution >= 0.6 is 11.3 Å². The lowest BCUT2D eigenvalue weighted by molar-refractivity contribution is -0.130. The van der Waals surface area contributed by atoms with E-state index in [2.05, 4.69) is 5.10 Å². The Hall–Kier alpha value is -2.34. The second-order valence-corrected chi connectivity index (χ2v) is 5.85. The average Bonchev–Trinajstić information content (AvgIpc) is 3.16. The Bertz CT molecular complexity index is 725. The Labute approximate surface area is 132 Å². The number of benzene rings is 1. The molecule has 1 atom stereocenters. The Balaban J connectivity index is 1.94. The van der Waals surface area contributed by atoms with Gasteiger partial charge in [-0.2, -0.15) is 16.4 Å². The van der Waals surface area contributed by atoms with E-state index in [4.69, 9.17) is 4.74 Å². The first-order chi connectivity index (χ1) is 10.6. The van der Waals surface area contributed by atoms with Gasteiger partial charge in [0.1, 0.15) is 0 Å². The summed E-state index contributed by atoms with van der Waals surface area (Å²) in [4.78, 5) is 11.9. The number of carbonyl (C=O) groups is 1. The minimum absolute atomic E-state index is 0.0625. The fourth-order valence-electron chi connectivity index (χ4n) is 2.58. The van der Waals surface area contributed by atoms with Crippen LogP contribution in [0, 0.1) is 0 Å². The second-order valence-electron chi connectivity index (χ2n) is 5.07. The molecule has 0 bridgehead atoms. The van der Waals surface area contributed by atoms with Crippen LogP contribution < -0.4 is 4.74 Å². The van der Waals surface area contributed by atoms with Crippen molar-refractivity contribution in [1.29, 1.82) is 0 Å². The summed E-state index contributed by atoms with van der Waals surface area (Å²) in [7, 11) is 1.50. The second kappa shape index (κ2) is 5.81. The summed E-state index contributed by atoms with van der Waals surface area (Å²) >= 11 is 1.60. The fourth-order valence-corrected chi connectivity index (χ4v) is 3.24. The highest BCUT2D eigenvalue weighted by atomic mass is 32.1. The summed E-state index contributed by atoms with van der Waals surface area (Å²) in [5.41, 5.74) is 2.76. The van der Waals surface area contributed by atoms with Crippen LogP contribution in [0.1, 0.15) is 30.5 Å². The first-order valence-corrected chi connectivity index (χ1v) is 7.81. The molecule has 1 aliphatic rings. The Morgan fingerprint density at radius 1 is 1.45 bits per heavy atom. The number of thiophene rings is 1. The maximum atomic E-state index is 11.9. The van der Waals surface area contributed by atoms with Crippen LogP contribution in [0.5, 0.6) is 11.5 Å². The van der Waals surface area contributed by atoms with Crippen molar-refractivity contribution in [1.82, 2.24) is 5.01 Å². The van der Waals surface area contributed by atoms with E-state index >= 15 is 0 Å². The number of methoxy groups -OCH3 is 1. The number of rotatable bonds is 3. The normalized spacial score (nSPS) is 17.5. The predicted octanol–water partition coefficient (Wildman–Crippen LogP) is 3.16. The first kappa shape index (κ1) is 14.6. The van der Waals surface area contributed by atoms with Crippen LogP contribution in [-0.4, -0.2) is 28.8 Å². The Morgan fingerprint density at radius 3 is 2.86 bits per heavy atom. The highest BCUT2D eigenvalue weighted by Gasteiger charge is 2.31. The van der Waals surface area contributed by atoms with Crippen LogP contribution in [0.15, 0.2) is 40.1 Å². The lowest BCUT2D eigenvalue weighted by Gasteiger charge is -2.21. The molecule has 1 amide bonds. The summed E-state index contributed by atoms with van der Waals surface area (Å²) in [5, 5.41) is 19.9. The van der Waals surface area contributed by atoms with Crippen molar-refractivity contribution in [2.24, 2.45) is 5.10 Å². The molecule has 1 aromatic carbocycles. The minimum Gasteiger partial charge on any atom is -0.504 e. The topological polar surface area (TPSA) is 62.1 Å². The fraction of sp³-hybridized carbons (Fsp3) is 0.250. The number of phenolic OH excluding ortho intramolecular Hbond substituents is 1. The van der Waals surface area contributed by atoms with E-state index in [1.165, 1.54) is 19.0 Å². The Morgan fingerprint density at radius 2 is 2.27 bits per heavy atom. The molecule has 0 saturated carbocycles. The molecular weight excluding hydrogens is 300 g/mol. The number of hydrogen-bond acceptors (Lipinski definition) is 5. The molecule has 22 heavy (non-hydrogen) atoms. The SMILES string of the molecule is COc1ccc([C@H]2CC(c3ccsc3)=NN2C(C)=O)cc1O. The summed E-state index contributed by atoms with van der Waals surface area (Å²) in [6.07, 6.45) is 0.627. The van der Waals surface area contributed by atoms with Gasteiger partial charge >= 0.3 is 0 Å². The third-order valence-electron chi connectivity index (χ3n) is 3.68. The minimum atomic E-state index is -0.204. The van der Waals surface area contributed by atoms with Crippen LogP contribution in [-0.2, 0) is 4.79 Å². The zero-order valence-corrected chi connectivity index (χ0v) is 13.1. The molecule has 2 heterocycles. The monoisotopic (exact) mass is 316 g/mol. The van der Waals surface area contributed by atoms with Crippen molar-refractivity contribution in [2.75, 3.05) is 7.11 Å². The van der Waals surface area contributed by atoms with E-state index in [0.717, 1.165) is 16.8 Å².